The van der Waals surface area contributed by atoms with E-state index in [0.29, 0.717) is 23.1 Å². The molecule has 5 rings (SSSR count). The molecule has 1 unspecified atom stereocenters. The maximum Gasteiger partial charge on any atom is 0.478 e. The van der Waals surface area contributed by atoms with E-state index in [4.69, 9.17) is 29.9 Å². The second-order valence-electron chi connectivity index (χ2n) is 17.0. The number of nitrogens with zero attached hydrogens (tertiary/aromatic N) is 7. The maximum atomic E-state index is 14.7. The van der Waals surface area contributed by atoms with Gasteiger partial charge in [0.05, 0.1) is 44.9 Å². The van der Waals surface area contributed by atoms with Gasteiger partial charge < -0.3 is 10.1 Å². The Labute approximate surface area is 334 Å². The Hall–Kier alpha value is -4.33. The Morgan fingerprint density at radius 2 is 1.75 bits per heavy atom. The molecule has 0 aliphatic heterocycles. The maximum absolute atomic E-state index is 14.7. The quantitative estimate of drug-likeness (QED) is 0.0771. The van der Waals surface area contributed by atoms with Gasteiger partial charge in [0, 0.05) is 29.4 Å². The zero-order valence-electron chi connectivity index (χ0n) is 33.5. The van der Waals surface area contributed by atoms with Crippen LogP contribution in [0.25, 0.3) is 10.9 Å². The normalized spacial score (nSPS) is 15.1. The number of hydrogen-bond donors (Lipinski definition) is 1. The Bertz CT molecular complexity index is 2210. The van der Waals surface area contributed by atoms with Gasteiger partial charge in [0.1, 0.15) is 23.3 Å². The summed E-state index contributed by atoms with van der Waals surface area (Å²) >= 11 is 6.89. The van der Waals surface area contributed by atoms with Gasteiger partial charge in [-0.15, -0.1) is 5.10 Å². The van der Waals surface area contributed by atoms with Crippen LogP contribution in [-0.2, 0) is 28.4 Å². The number of carbonyl (C=O) groups excluding carboxylic acids is 1. The van der Waals surface area contributed by atoms with E-state index >= 15 is 0 Å². The minimum absolute atomic E-state index is 0.0136. The molecule has 4 aromatic rings. The smallest absolute Gasteiger partial charge is 0.421 e. The first-order valence-electron chi connectivity index (χ1n) is 18.1. The summed E-state index contributed by atoms with van der Waals surface area (Å²) in [6.07, 6.45) is -0.949. The van der Waals surface area contributed by atoms with Gasteiger partial charge in [-0.1, -0.05) is 43.7 Å². The molecule has 3 aromatic heterocycles. The van der Waals surface area contributed by atoms with Gasteiger partial charge in [0.15, 0.2) is 0 Å². The lowest BCUT2D eigenvalue weighted by atomic mass is 9.96. The summed E-state index contributed by atoms with van der Waals surface area (Å²) in [5.41, 5.74) is -2.60. The number of rotatable bonds is 13. The topological polar surface area (TPSA) is 167 Å². The third kappa shape index (κ3) is 10.4. The van der Waals surface area contributed by atoms with Crippen molar-refractivity contribution in [1.29, 1.82) is 5.26 Å². The van der Waals surface area contributed by atoms with E-state index < -0.39 is 55.9 Å². The number of aromatic nitrogens is 5. The fraction of sp³-hybridized carbons (Fsp3) is 0.526. The standard InChI is InChI=1S/C38H47ClF3N8O6P/c1-22-25(11-12-29(40)46-22)32(28-19-49(48-47-28)38(13-14-38)33(41)42)50(34(51)53-21-54-57(52,55-36(5,6)7)56-37(8,9)10)24-15-26-30(45-20-35(2,3)4)23(17-43)18-44-31(26)27(39)16-24/h11-12,15-16,18-19,32-33H,13-14,20-21H2,1-10H3,(H,44,45). The molecule has 57 heavy (non-hydrogen) atoms. The predicted octanol–water partition coefficient (Wildman–Crippen LogP) is 9.85. The predicted molar refractivity (Wildman–Crippen MR) is 208 cm³/mol. The van der Waals surface area contributed by atoms with Gasteiger partial charge in [0.2, 0.25) is 12.7 Å². The van der Waals surface area contributed by atoms with Gasteiger partial charge in [-0.3, -0.25) is 18.9 Å². The summed E-state index contributed by atoms with van der Waals surface area (Å²) in [4.78, 5) is 24.1. The van der Waals surface area contributed by atoms with Crippen molar-refractivity contribution < 1.29 is 40.8 Å². The molecule has 1 fully saturated rings. The number of alkyl halides is 2. The fourth-order valence-corrected chi connectivity index (χ4v) is 7.81. The SMILES string of the molecule is Cc1nc(F)ccc1C(c1cn(C2(C(F)F)CC2)nn1)N(C(=O)OCOP(=O)(OC(C)(C)C)OC(C)(C)C)c1cc(Cl)c2ncc(C#N)c(NCC(C)(C)C)c2c1. The molecule has 1 aliphatic carbocycles. The van der Waals surface area contributed by atoms with Crippen LogP contribution in [-0.4, -0.2) is 62.0 Å². The molecule has 1 amide bonds. The Balaban J connectivity index is 1.71. The minimum atomic E-state index is -4.38. The lowest BCUT2D eigenvalue weighted by molar-refractivity contribution is -0.0278. The lowest BCUT2D eigenvalue weighted by Crippen LogP contribution is -2.37. The van der Waals surface area contributed by atoms with E-state index in [-0.39, 0.29) is 51.5 Å². The summed E-state index contributed by atoms with van der Waals surface area (Å²) in [6, 6.07) is 6.17. The molecule has 0 saturated heterocycles. The zero-order chi connectivity index (χ0) is 42.3. The second kappa shape index (κ2) is 16.1. The molecule has 1 aliphatic rings. The number of amides is 1. The lowest BCUT2D eigenvalue weighted by Gasteiger charge is -2.32. The number of nitriles is 1. The Kier molecular flexibility index (Phi) is 12.4. The van der Waals surface area contributed by atoms with E-state index in [1.807, 2.05) is 20.8 Å². The van der Waals surface area contributed by atoms with Gasteiger partial charge in [-0.2, -0.15) is 9.65 Å². The Morgan fingerprint density at radius 1 is 1.11 bits per heavy atom. The summed E-state index contributed by atoms with van der Waals surface area (Å²) < 4.78 is 80.5. The number of anilines is 2. The number of phosphoric ester groups is 1. The van der Waals surface area contributed by atoms with Crippen LogP contribution in [0.3, 0.4) is 0 Å². The molecular weight excluding hydrogens is 788 g/mol. The largest absolute Gasteiger partial charge is 0.478 e. The van der Waals surface area contributed by atoms with Crippen molar-refractivity contribution in [2.24, 2.45) is 5.41 Å². The Morgan fingerprint density at radius 3 is 2.30 bits per heavy atom. The molecular formula is C38H47ClF3N8O6P. The number of fused-ring (bicyclic) bond motifs is 1. The van der Waals surface area contributed by atoms with Crippen molar-refractivity contribution in [2.45, 2.75) is 111 Å². The molecule has 3 heterocycles. The highest BCUT2D eigenvalue weighted by atomic mass is 35.5. The number of benzene rings is 1. The molecule has 19 heteroatoms. The molecule has 0 radical (unpaired) electrons. The molecule has 1 aromatic carbocycles. The van der Waals surface area contributed by atoms with E-state index in [2.05, 4.69) is 31.7 Å². The molecule has 0 spiro atoms. The highest BCUT2D eigenvalue weighted by Gasteiger charge is 2.54. The summed E-state index contributed by atoms with van der Waals surface area (Å²) in [5, 5.41) is 22.1. The third-order valence-corrected chi connectivity index (χ3v) is 10.8. The summed E-state index contributed by atoms with van der Waals surface area (Å²) in [5.74, 6) is -0.817. The monoisotopic (exact) mass is 834 g/mol. The average Bonchev–Trinajstić information content (AvgIpc) is 3.74. The van der Waals surface area contributed by atoms with Crippen molar-refractivity contribution in [1.82, 2.24) is 25.0 Å². The molecule has 1 saturated carbocycles. The number of halogens is 4. The van der Waals surface area contributed by atoms with Crippen LogP contribution in [0.4, 0.5) is 29.3 Å². The molecule has 1 N–H and O–H groups in total. The van der Waals surface area contributed by atoms with Crippen LogP contribution < -0.4 is 10.2 Å². The highest BCUT2D eigenvalue weighted by Crippen LogP contribution is 2.55. The number of hydrogen-bond acceptors (Lipinski definition) is 12. The summed E-state index contributed by atoms with van der Waals surface area (Å²) in [6.45, 7) is 16.8. The zero-order valence-corrected chi connectivity index (χ0v) is 35.1. The van der Waals surface area contributed by atoms with E-state index in [1.165, 1.54) is 31.5 Å². The van der Waals surface area contributed by atoms with Crippen LogP contribution in [0.2, 0.25) is 5.02 Å². The second-order valence-corrected chi connectivity index (χ2v) is 18.9. The van der Waals surface area contributed by atoms with E-state index in [1.54, 1.807) is 47.6 Å². The van der Waals surface area contributed by atoms with Crippen LogP contribution >= 0.6 is 19.4 Å². The molecule has 1 atom stereocenters. The highest BCUT2D eigenvalue weighted by molar-refractivity contribution is 7.48. The number of phosphoric acid groups is 1. The van der Waals surface area contributed by atoms with Gasteiger partial charge in [-0.05, 0) is 84.9 Å². The first-order valence-corrected chi connectivity index (χ1v) is 19.9. The number of nitrogens with one attached hydrogen (secondary N) is 1. The number of pyridine rings is 2. The van der Waals surface area contributed by atoms with Crippen molar-refractivity contribution in [3.8, 4) is 6.07 Å². The number of ether oxygens (including phenoxy) is 1. The van der Waals surface area contributed by atoms with E-state index in [0.717, 1.165) is 15.6 Å². The summed E-state index contributed by atoms with van der Waals surface area (Å²) in [7, 11) is -4.38. The fourth-order valence-electron chi connectivity index (χ4n) is 5.88. The van der Waals surface area contributed by atoms with Crippen molar-refractivity contribution >= 4 is 47.8 Å². The van der Waals surface area contributed by atoms with Crippen molar-refractivity contribution in [3.63, 3.8) is 0 Å². The first kappa shape index (κ1) is 43.8. The number of aryl methyl sites for hydroxylation is 1. The van der Waals surface area contributed by atoms with Crippen LogP contribution in [0, 0.1) is 29.6 Å². The van der Waals surface area contributed by atoms with Crippen LogP contribution in [0.15, 0.2) is 36.7 Å². The van der Waals surface area contributed by atoms with Gasteiger partial charge in [-0.25, -0.2) is 32.3 Å². The minimum Gasteiger partial charge on any atom is -0.421 e. The van der Waals surface area contributed by atoms with E-state index in [9.17, 15) is 27.8 Å². The number of carbonyl (C=O) groups is 1. The molecule has 0 bridgehead atoms. The first-order chi connectivity index (χ1) is 26.4. The van der Waals surface area contributed by atoms with Gasteiger partial charge in [0.25, 0.3) is 6.43 Å². The van der Waals surface area contributed by atoms with Crippen molar-refractivity contribution in [2.75, 3.05) is 23.6 Å². The van der Waals surface area contributed by atoms with Crippen molar-refractivity contribution in [3.05, 3.63) is 70.1 Å². The molecule has 308 valence electrons. The average molecular weight is 835 g/mol. The van der Waals surface area contributed by atoms with Crippen LogP contribution in [0.1, 0.15) is 104 Å². The third-order valence-electron chi connectivity index (χ3n) is 8.53. The molecule has 14 nitrogen and oxygen atoms in total. The van der Waals surface area contributed by atoms with Gasteiger partial charge >= 0.3 is 13.9 Å². The van der Waals surface area contributed by atoms with Crippen LogP contribution in [0.5, 0.6) is 0 Å².